The van der Waals surface area contributed by atoms with Crippen LogP contribution in [0.25, 0.3) is 0 Å². The summed E-state index contributed by atoms with van der Waals surface area (Å²) >= 11 is 1.62. The lowest BCUT2D eigenvalue weighted by Gasteiger charge is -2.32. The number of carboxylic acids is 1. The van der Waals surface area contributed by atoms with Crippen molar-refractivity contribution in [3.05, 3.63) is 0 Å². The van der Waals surface area contributed by atoms with Crippen molar-refractivity contribution < 1.29 is 19.7 Å². The third-order valence-electron chi connectivity index (χ3n) is 2.28. The van der Waals surface area contributed by atoms with E-state index in [1.54, 1.807) is 11.8 Å². The molecular weight excluding hydrogens is 204 g/mol. The van der Waals surface area contributed by atoms with Crippen molar-refractivity contribution in [3.63, 3.8) is 0 Å². The van der Waals surface area contributed by atoms with Gasteiger partial charge in [0.2, 0.25) is 0 Å². The predicted octanol–water partition coefficient (Wildman–Crippen LogP) is 0.736. The van der Waals surface area contributed by atoms with Crippen molar-refractivity contribution >= 4 is 17.7 Å². The molecule has 1 aliphatic rings. The third kappa shape index (κ3) is 2.87. The number of hydrogen-bond acceptors (Lipinski definition) is 4. The second-order valence-corrected chi connectivity index (χ2v) is 4.49. The molecule has 1 saturated heterocycles. The van der Waals surface area contributed by atoms with Gasteiger partial charge in [-0.1, -0.05) is 0 Å². The Balaban J connectivity index is 2.47. The van der Waals surface area contributed by atoms with Crippen molar-refractivity contribution in [3.8, 4) is 0 Å². The molecule has 0 aromatic rings. The monoisotopic (exact) mass is 220 g/mol. The Bertz CT molecular complexity index is 189. The fourth-order valence-electron chi connectivity index (χ4n) is 1.45. The fourth-order valence-corrected chi connectivity index (χ4v) is 2.62. The van der Waals surface area contributed by atoms with Gasteiger partial charge in [0.05, 0.1) is 6.61 Å². The van der Waals surface area contributed by atoms with E-state index in [-0.39, 0.29) is 6.61 Å². The van der Waals surface area contributed by atoms with Gasteiger partial charge in [-0.25, -0.2) is 4.79 Å². The van der Waals surface area contributed by atoms with Crippen LogP contribution in [0.15, 0.2) is 0 Å². The highest BCUT2D eigenvalue weighted by Crippen LogP contribution is 2.30. The molecule has 14 heavy (non-hydrogen) atoms. The Kier molecular flexibility index (Phi) is 4.71. The summed E-state index contributed by atoms with van der Waals surface area (Å²) in [6, 6.07) is 0. The zero-order valence-corrected chi connectivity index (χ0v) is 8.89. The van der Waals surface area contributed by atoms with Crippen LogP contribution in [0.5, 0.6) is 0 Å². The van der Waals surface area contributed by atoms with E-state index in [2.05, 4.69) is 0 Å². The third-order valence-corrected chi connectivity index (χ3v) is 3.52. The molecule has 2 N–H and O–H groups in total. The zero-order chi connectivity index (χ0) is 10.4. The maximum Gasteiger partial charge on any atom is 0.336 e. The van der Waals surface area contributed by atoms with Crippen LogP contribution >= 0.6 is 11.8 Å². The second-order valence-electron chi connectivity index (χ2n) is 3.38. The van der Waals surface area contributed by atoms with E-state index in [0.29, 0.717) is 25.2 Å². The van der Waals surface area contributed by atoms with Gasteiger partial charge >= 0.3 is 5.97 Å². The molecule has 1 aliphatic heterocycles. The zero-order valence-electron chi connectivity index (χ0n) is 8.07. The number of aliphatic hydroxyl groups excluding tert-OH is 1. The number of aliphatic hydroxyl groups is 1. The molecule has 0 aromatic carbocycles. The Morgan fingerprint density at radius 3 is 2.86 bits per heavy atom. The first-order valence-corrected chi connectivity index (χ1v) is 5.93. The molecule has 0 bridgehead atoms. The first kappa shape index (κ1) is 11.8. The summed E-state index contributed by atoms with van der Waals surface area (Å²) in [5, 5.41) is 17.7. The minimum Gasteiger partial charge on any atom is -0.479 e. The van der Waals surface area contributed by atoms with Crippen molar-refractivity contribution in [2.45, 2.75) is 24.9 Å². The molecule has 4 nitrogen and oxygen atoms in total. The average molecular weight is 220 g/mol. The molecule has 0 aromatic heterocycles. The van der Waals surface area contributed by atoms with Gasteiger partial charge in [-0.2, -0.15) is 11.8 Å². The molecule has 1 atom stereocenters. The van der Waals surface area contributed by atoms with E-state index < -0.39 is 11.6 Å². The van der Waals surface area contributed by atoms with Crippen LogP contribution in [0.2, 0.25) is 0 Å². The van der Waals surface area contributed by atoms with Crippen LogP contribution in [0.4, 0.5) is 0 Å². The smallest absolute Gasteiger partial charge is 0.336 e. The molecule has 0 spiro atoms. The largest absolute Gasteiger partial charge is 0.479 e. The first-order valence-electron chi connectivity index (χ1n) is 4.77. The molecule has 0 saturated carbocycles. The van der Waals surface area contributed by atoms with Gasteiger partial charge < -0.3 is 14.9 Å². The highest BCUT2D eigenvalue weighted by atomic mass is 32.2. The molecular formula is C9H16O4S. The van der Waals surface area contributed by atoms with Crippen LogP contribution in [-0.4, -0.2) is 46.5 Å². The van der Waals surface area contributed by atoms with Crippen LogP contribution in [0, 0.1) is 0 Å². The maximum atomic E-state index is 11.1. The topological polar surface area (TPSA) is 66.8 Å². The minimum absolute atomic E-state index is 0.0445. The Morgan fingerprint density at radius 1 is 1.57 bits per heavy atom. The average Bonchev–Trinajstić information content (AvgIpc) is 2.19. The molecule has 1 unspecified atom stereocenters. The normalized spacial score (nSPS) is 27.5. The summed E-state index contributed by atoms with van der Waals surface area (Å²) in [6.07, 6.45) is 1.97. The first-order chi connectivity index (χ1) is 6.71. The highest BCUT2D eigenvalue weighted by molar-refractivity contribution is 7.99. The van der Waals surface area contributed by atoms with Gasteiger partial charge in [-0.3, -0.25) is 0 Å². The van der Waals surface area contributed by atoms with Crippen LogP contribution < -0.4 is 0 Å². The van der Waals surface area contributed by atoms with E-state index in [0.717, 1.165) is 12.2 Å². The predicted molar refractivity (Wildman–Crippen MR) is 54.6 cm³/mol. The number of ether oxygens (including phenoxy) is 1. The van der Waals surface area contributed by atoms with Crippen LogP contribution in [0.3, 0.4) is 0 Å². The number of carboxylic acid groups (broad SMARTS) is 1. The van der Waals surface area contributed by atoms with Crippen molar-refractivity contribution in [2.75, 3.05) is 24.7 Å². The summed E-state index contributed by atoms with van der Waals surface area (Å²) in [5.74, 6) is 0.661. The number of hydrogen-bond donors (Lipinski definition) is 2. The number of aliphatic carboxylic acids is 1. The van der Waals surface area contributed by atoms with E-state index in [1.807, 2.05) is 0 Å². The summed E-state index contributed by atoms with van der Waals surface area (Å²) in [4.78, 5) is 11.1. The molecule has 0 radical (unpaired) electrons. The van der Waals surface area contributed by atoms with Crippen molar-refractivity contribution in [1.29, 1.82) is 0 Å². The Hall–Kier alpha value is -0.260. The quantitative estimate of drug-likeness (QED) is 0.669. The molecule has 1 fully saturated rings. The standard InChI is InChI=1S/C9H16O4S/c10-4-2-5-13-9(8(11)12)3-1-6-14-7-9/h10H,1-7H2,(H,11,12). The lowest BCUT2D eigenvalue weighted by atomic mass is 10.00. The van der Waals surface area contributed by atoms with Gasteiger partial charge in [0, 0.05) is 12.4 Å². The van der Waals surface area contributed by atoms with E-state index in [1.165, 1.54) is 0 Å². The number of carbonyl (C=O) groups is 1. The van der Waals surface area contributed by atoms with Gasteiger partial charge in [0.25, 0.3) is 0 Å². The SMILES string of the molecule is O=C(O)C1(OCCCO)CCCSC1. The van der Waals surface area contributed by atoms with Gasteiger partial charge in [0.15, 0.2) is 5.60 Å². The number of rotatable bonds is 5. The van der Waals surface area contributed by atoms with E-state index >= 15 is 0 Å². The number of thioether (sulfide) groups is 1. The Morgan fingerprint density at radius 2 is 2.36 bits per heavy atom. The summed E-state index contributed by atoms with van der Waals surface area (Å²) in [6.45, 7) is 0.367. The molecule has 0 amide bonds. The second kappa shape index (κ2) is 5.58. The lowest BCUT2D eigenvalue weighted by Crippen LogP contribution is -2.46. The van der Waals surface area contributed by atoms with Crippen molar-refractivity contribution in [1.82, 2.24) is 0 Å². The molecule has 0 aliphatic carbocycles. The summed E-state index contributed by atoms with van der Waals surface area (Å²) in [5.41, 5.74) is -1.00. The molecule has 82 valence electrons. The lowest BCUT2D eigenvalue weighted by molar-refractivity contribution is -0.164. The summed E-state index contributed by atoms with van der Waals surface area (Å²) < 4.78 is 5.39. The molecule has 5 heteroatoms. The van der Waals surface area contributed by atoms with Crippen LogP contribution in [0.1, 0.15) is 19.3 Å². The maximum absolute atomic E-state index is 11.1. The highest BCUT2D eigenvalue weighted by Gasteiger charge is 2.41. The fraction of sp³-hybridized carbons (Fsp3) is 0.889. The Labute approximate surface area is 87.6 Å². The van der Waals surface area contributed by atoms with Crippen LogP contribution in [-0.2, 0) is 9.53 Å². The van der Waals surface area contributed by atoms with E-state index in [9.17, 15) is 4.79 Å². The summed E-state index contributed by atoms with van der Waals surface area (Å²) in [7, 11) is 0. The van der Waals surface area contributed by atoms with Gasteiger partial charge in [0.1, 0.15) is 0 Å². The van der Waals surface area contributed by atoms with Gasteiger partial charge in [-0.05, 0) is 25.0 Å². The molecule has 1 heterocycles. The minimum atomic E-state index is -1.00. The van der Waals surface area contributed by atoms with Crippen molar-refractivity contribution in [2.24, 2.45) is 0 Å². The molecule has 1 rings (SSSR count). The van der Waals surface area contributed by atoms with Gasteiger partial charge in [-0.15, -0.1) is 0 Å². The van der Waals surface area contributed by atoms with E-state index in [4.69, 9.17) is 14.9 Å².